The van der Waals surface area contributed by atoms with Crippen molar-refractivity contribution in [3.63, 3.8) is 0 Å². The van der Waals surface area contributed by atoms with Crippen molar-refractivity contribution >= 4 is 29.3 Å². The molecule has 3 N–H and O–H groups in total. The molecule has 200 valence electrons. The summed E-state index contributed by atoms with van der Waals surface area (Å²) in [6.07, 6.45) is 1.38. The van der Waals surface area contributed by atoms with E-state index in [9.17, 15) is 18.0 Å². The van der Waals surface area contributed by atoms with E-state index in [1.807, 2.05) is 6.92 Å². The second-order valence-corrected chi connectivity index (χ2v) is 12.9. The van der Waals surface area contributed by atoms with Crippen LogP contribution in [0.5, 0.6) is 0 Å². The highest BCUT2D eigenvalue weighted by Gasteiger charge is 2.52. The molecule has 6 unspecified atom stereocenters. The summed E-state index contributed by atoms with van der Waals surface area (Å²) >= 11 is 7.76. The summed E-state index contributed by atoms with van der Waals surface area (Å²) in [6, 6.07) is -0.708. The SMILES string of the molecule is CC1NCC(C(=O)N(C)[C@@H](C2CCC(N3CCCC4C3CNC3CC(Cl)NN34)CC2)C(F)(F)F)S1. The molecule has 7 atom stereocenters. The number of carbonyl (C=O) groups is 1. The van der Waals surface area contributed by atoms with Gasteiger partial charge in [-0.2, -0.15) is 13.2 Å². The lowest BCUT2D eigenvalue weighted by Crippen LogP contribution is -2.70. The van der Waals surface area contributed by atoms with Crippen molar-refractivity contribution in [3.8, 4) is 0 Å². The van der Waals surface area contributed by atoms with Crippen molar-refractivity contribution in [1.29, 1.82) is 0 Å². The Kier molecular flexibility index (Phi) is 7.86. The van der Waals surface area contributed by atoms with E-state index in [4.69, 9.17) is 11.6 Å². The standard InChI is InChI=1S/C23H38ClF3N6OS/c1-13-28-12-18(35-13)22(34)31(2)21(23(25,26)27)14-5-7-15(8-6-14)32-9-3-4-16-17(32)11-29-20-10-19(24)30-33(16)20/h13-21,28-30H,3-12H2,1-2H3/t13?,14?,15?,16?,17?,18?,19?,20?,21-/m0/s1. The van der Waals surface area contributed by atoms with Crippen molar-refractivity contribution in [2.75, 3.05) is 26.7 Å². The van der Waals surface area contributed by atoms with Gasteiger partial charge >= 0.3 is 6.18 Å². The van der Waals surface area contributed by atoms with Gasteiger partial charge in [-0.05, 0) is 57.9 Å². The minimum atomic E-state index is -4.43. The Morgan fingerprint density at radius 1 is 1.11 bits per heavy atom. The van der Waals surface area contributed by atoms with E-state index in [1.54, 1.807) is 0 Å². The Labute approximate surface area is 215 Å². The number of alkyl halides is 4. The predicted molar refractivity (Wildman–Crippen MR) is 132 cm³/mol. The van der Waals surface area contributed by atoms with Crippen LogP contribution in [0.25, 0.3) is 0 Å². The number of amides is 1. The Hall–Kier alpha value is -0.300. The average Bonchev–Trinajstić information content (AvgIpc) is 3.42. The zero-order valence-electron chi connectivity index (χ0n) is 20.4. The summed E-state index contributed by atoms with van der Waals surface area (Å²) in [5, 5.41) is 8.70. The molecular formula is C23H38ClF3N6OS. The molecule has 4 saturated heterocycles. The molecule has 0 aromatic rings. The van der Waals surface area contributed by atoms with Crippen LogP contribution in [0.4, 0.5) is 13.2 Å². The zero-order chi connectivity index (χ0) is 24.9. The summed E-state index contributed by atoms with van der Waals surface area (Å²) in [7, 11) is 1.35. The first-order valence-electron chi connectivity index (χ1n) is 13.0. The number of nitrogens with one attached hydrogen (secondary N) is 3. The van der Waals surface area contributed by atoms with Gasteiger partial charge < -0.3 is 10.2 Å². The zero-order valence-corrected chi connectivity index (χ0v) is 22.0. The van der Waals surface area contributed by atoms with Gasteiger partial charge in [0.05, 0.1) is 22.3 Å². The summed E-state index contributed by atoms with van der Waals surface area (Å²) in [6.45, 7) is 4.24. The third kappa shape index (κ3) is 5.33. The number of nitrogens with zero attached hydrogens (tertiary/aromatic N) is 3. The van der Waals surface area contributed by atoms with Crippen LogP contribution in [0.15, 0.2) is 0 Å². The van der Waals surface area contributed by atoms with E-state index in [-0.39, 0.29) is 23.1 Å². The molecule has 7 nitrogen and oxygen atoms in total. The van der Waals surface area contributed by atoms with Gasteiger partial charge in [-0.3, -0.25) is 15.0 Å². The van der Waals surface area contributed by atoms with Gasteiger partial charge in [0.15, 0.2) is 0 Å². The quantitative estimate of drug-likeness (QED) is 0.375. The monoisotopic (exact) mass is 538 g/mol. The molecule has 4 aliphatic heterocycles. The lowest BCUT2D eigenvalue weighted by atomic mass is 9.78. The molecular weight excluding hydrogens is 501 g/mol. The lowest BCUT2D eigenvalue weighted by molar-refractivity contribution is -0.201. The first-order chi connectivity index (χ1) is 16.6. The summed E-state index contributed by atoms with van der Waals surface area (Å²) in [4.78, 5) is 16.5. The van der Waals surface area contributed by atoms with Crippen molar-refractivity contribution in [2.24, 2.45) is 5.92 Å². The van der Waals surface area contributed by atoms with E-state index >= 15 is 0 Å². The van der Waals surface area contributed by atoms with E-state index in [0.717, 1.165) is 50.1 Å². The van der Waals surface area contributed by atoms with Crippen LogP contribution in [0.1, 0.15) is 51.9 Å². The fourth-order valence-electron chi connectivity index (χ4n) is 7.15. The largest absolute Gasteiger partial charge is 0.409 e. The minimum absolute atomic E-state index is 0.0577. The molecule has 0 bridgehead atoms. The van der Waals surface area contributed by atoms with E-state index in [2.05, 4.69) is 26.0 Å². The number of hydrogen-bond acceptors (Lipinski definition) is 7. The topological polar surface area (TPSA) is 62.9 Å². The number of rotatable bonds is 4. The summed E-state index contributed by atoms with van der Waals surface area (Å²) < 4.78 is 42.8. The molecule has 4 heterocycles. The van der Waals surface area contributed by atoms with Crippen LogP contribution in [0, 0.1) is 5.92 Å². The molecule has 1 saturated carbocycles. The Morgan fingerprint density at radius 3 is 2.51 bits per heavy atom. The number of fused-ring (bicyclic) bond motifs is 3. The summed E-state index contributed by atoms with van der Waals surface area (Å²) in [5.41, 5.74) is 3.35. The van der Waals surface area contributed by atoms with Gasteiger partial charge in [-0.25, -0.2) is 10.4 Å². The average molecular weight is 539 g/mol. The van der Waals surface area contributed by atoms with E-state index in [0.29, 0.717) is 31.5 Å². The van der Waals surface area contributed by atoms with Crippen molar-refractivity contribution in [1.82, 2.24) is 30.9 Å². The second kappa shape index (κ2) is 10.5. The first-order valence-corrected chi connectivity index (χ1v) is 14.4. The molecule has 1 aliphatic carbocycles. The Bertz CT molecular complexity index is 772. The van der Waals surface area contributed by atoms with Crippen LogP contribution in [-0.2, 0) is 4.79 Å². The first kappa shape index (κ1) is 26.3. The number of piperidine rings is 1. The van der Waals surface area contributed by atoms with Gasteiger partial charge in [0, 0.05) is 44.7 Å². The van der Waals surface area contributed by atoms with Crippen LogP contribution in [0.2, 0.25) is 0 Å². The fraction of sp³-hybridized carbons (Fsp3) is 0.957. The molecule has 5 rings (SSSR count). The number of thioether (sulfide) groups is 1. The predicted octanol–water partition coefficient (Wildman–Crippen LogP) is 2.52. The molecule has 12 heteroatoms. The molecule has 35 heavy (non-hydrogen) atoms. The number of likely N-dealkylation sites (tertiary alicyclic amines) is 1. The number of hydrogen-bond donors (Lipinski definition) is 3. The van der Waals surface area contributed by atoms with Gasteiger partial charge in [-0.1, -0.05) is 0 Å². The number of carbonyl (C=O) groups excluding carboxylic acids is 1. The smallest absolute Gasteiger partial charge is 0.332 e. The van der Waals surface area contributed by atoms with E-state index in [1.165, 1.54) is 18.8 Å². The van der Waals surface area contributed by atoms with Gasteiger partial charge in [0.1, 0.15) is 6.04 Å². The van der Waals surface area contributed by atoms with E-state index < -0.39 is 29.3 Å². The molecule has 1 amide bonds. The molecule has 0 aromatic carbocycles. The maximum Gasteiger partial charge on any atom is 0.409 e. The van der Waals surface area contributed by atoms with Crippen LogP contribution < -0.4 is 16.1 Å². The molecule has 0 aromatic heterocycles. The molecule has 0 spiro atoms. The second-order valence-electron chi connectivity index (χ2n) is 10.9. The minimum Gasteiger partial charge on any atom is -0.332 e. The van der Waals surface area contributed by atoms with Crippen molar-refractivity contribution in [2.45, 2.75) is 105 Å². The molecule has 0 radical (unpaired) electrons. The van der Waals surface area contributed by atoms with Gasteiger partial charge in [-0.15, -0.1) is 23.4 Å². The molecule has 5 aliphatic rings. The lowest BCUT2D eigenvalue weighted by Gasteiger charge is -2.53. The third-order valence-corrected chi connectivity index (χ3v) is 10.3. The third-order valence-electron chi connectivity index (χ3n) is 8.75. The van der Waals surface area contributed by atoms with Crippen LogP contribution in [-0.4, -0.2) is 100 Å². The highest BCUT2D eigenvalue weighted by molar-refractivity contribution is 8.01. The van der Waals surface area contributed by atoms with Crippen LogP contribution >= 0.6 is 23.4 Å². The number of halogens is 4. The normalized spacial score (nSPS) is 41.9. The van der Waals surface area contributed by atoms with Gasteiger partial charge in [0.2, 0.25) is 5.91 Å². The maximum absolute atomic E-state index is 14.3. The Morgan fingerprint density at radius 2 is 1.86 bits per heavy atom. The Balaban J connectivity index is 1.22. The number of hydrazine groups is 1. The van der Waals surface area contributed by atoms with Crippen molar-refractivity contribution < 1.29 is 18.0 Å². The highest BCUT2D eigenvalue weighted by atomic mass is 35.5. The summed E-state index contributed by atoms with van der Waals surface area (Å²) in [5.74, 6) is -0.961. The fourth-order valence-corrected chi connectivity index (χ4v) is 8.59. The molecule has 5 fully saturated rings. The highest BCUT2D eigenvalue weighted by Crippen LogP contribution is 2.41. The van der Waals surface area contributed by atoms with Crippen LogP contribution in [0.3, 0.4) is 0 Å². The van der Waals surface area contributed by atoms with Gasteiger partial charge in [0.25, 0.3) is 0 Å². The van der Waals surface area contributed by atoms with Crippen molar-refractivity contribution in [3.05, 3.63) is 0 Å². The maximum atomic E-state index is 14.3.